The fraction of sp³-hybridized carbons (Fsp3) is 0.462. The number of nitrogens with one attached hydrogen (secondary N) is 3. The lowest BCUT2D eigenvalue weighted by atomic mass is 9.95. The molecule has 2 aliphatic rings. The van der Waals surface area contributed by atoms with E-state index in [4.69, 9.17) is 0 Å². The molecule has 0 aromatic heterocycles. The van der Waals surface area contributed by atoms with Gasteiger partial charge in [0.05, 0.1) is 16.8 Å². The molecule has 0 aliphatic heterocycles. The van der Waals surface area contributed by atoms with Gasteiger partial charge < -0.3 is 21.1 Å². The highest BCUT2D eigenvalue weighted by atomic mass is 19.1. The Morgan fingerprint density at radius 1 is 0.848 bits per heavy atom. The van der Waals surface area contributed by atoms with Crippen LogP contribution in [0, 0.1) is 5.82 Å². The molecule has 7 heteroatoms. The van der Waals surface area contributed by atoms with Crippen molar-refractivity contribution in [3.63, 3.8) is 0 Å². The van der Waals surface area contributed by atoms with Crippen molar-refractivity contribution in [2.75, 3.05) is 10.6 Å². The summed E-state index contributed by atoms with van der Waals surface area (Å²) in [5.41, 5.74) is 1.92. The van der Waals surface area contributed by atoms with Gasteiger partial charge in [0.25, 0.3) is 5.91 Å². The zero-order chi connectivity index (χ0) is 23.2. The Morgan fingerprint density at radius 2 is 1.45 bits per heavy atom. The van der Waals surface area contributed by atoms with Crippen LogP contribution in [0.25, 0.3) is 0 Å². The number of benzene rings is 2. The second-order valence-corrected chi connectivity index (χ2v) is 9.13. The number of halogens is 1. The summed E-state index contributed by atoms with van der Waals surface area (Å²) in [4.78, 5) is 24.5. The van der Waals surface area contributed by atoms with Gasteiger partial charge >= 0.3 is 5.97 Å². The first-order valence-corrected chi connectivity index (χ1v) is 12.0. The summed E-state index contributed by atoms with van der Waals surface area (Å²) < 4.78 is 15.0. The lowest BCUT2D eigenvalue weighted by Crippen LogP contribution is -2.27. The number of carbonyl (C=O) groups is 2. The number of carbonyl (C=O) groups excluding carboxylic acids is 1. The molecule has 0 unspecified atom stereocenters. The molecule has 4 N–H and O–H groups in total. The van der Waals surface area contributed by atoms with E-state index in [-0.39, 0.29) is 29.8 Å². The molecule has 2 aromatic carbocycles. The normalized spacial score (nSPS) is 17.0. The van der Waals surface area contributed by atoms with Gasteiger partial charge in [-0.3, -0.25) is 4.79 Å². The summed E-state index contributed by atoms with van der Waals surface area (Å²) in [6, 6.07) is 10.1. The van der Waals surface area contributed by atoms with E-state index in [1.807, 2.05) is 0 Å². The minimum Gasteiger partial charge on any atom is -0.478 e. The number of hydrogen-bond donors (Lipinski definition) is 4. The fourth-order valence-electron chi connectivity index (χ4n) is 4.90. The van der Waals surface area contributed by atoms with Crippen LogP contribution < -0.4 is 16.0 Å². The van der Waals surface area contributed by atoms with Crippen molar-refractivity contribution in [2.24, 2.45) is 0 Å². The van der Waals surface area contributed by atoms with Crippen LogP contribution in [-0.4, -0.2) is 29.1 Å². The van der Waals surface area contributed by atoms with E-state index >= 15 is 4.39 Å². The van der Waals surface area contributed by atoms with Gasteiger partial charge in [-0.2, -0.15) is 0 Å². The highest BCUT2D eigenvalue weighted by Crippen LogP contribution is 2.31. The third-order valence-corrected chi connectivity index (χ3v) is 6.72. The Balaban J connectivity index is 1.55. The molecule has 0 bridgehead atoms. The van der Waals surface area contributed by atoms with Crippen molar-refractivity contribution in [3.05, 3.63) is 58.9 Å². The SMILES string of the molecule is O=C(O)c1ccccc1CNC(=O)c1cc(F)c(NC2CCCCC2)cc1NC1CCCC1. The topological polar surface area (TPSA) is 90.5 Å². The smallest absolute Gasteiger partial charge is 0.336 e. The lowest BCUT2D eigenvalue weighted by Gasteiger charge is -2.25. The number of hydrogen-bond acceptors (Lipinski definition) is 4. The molecule has 2 aliphatic carbocycles. The summed E-state index contributed by atoms with van der Waals surface area (Å²) in [7, 11) is 0. The second kappa shape index (κ2) is 10.7. The maximum atomic E-state index is 15.0. The van der Waals surface area contributed by atoms with Crippen LogP contribution in [0.2, 0.25) is 0 Å². The summed E-state index contributed by atoms with van der Waals surface area (Å²) in [5, 5.41) is 19.0. The first-order chi connectivity index (χ1) is 16.0. The van der Waals surface area contributed by atoms with Crippen molar-refractivity contribution >= 4 is 23.3 Å². The van der Waals surface area contributed by atoms with Crippen molar-refractivity contribution in [2.45, 2.75) is 76.4 Å². The Kier molecular flexibility index (Phi) is 7.47. The minimum atomic E-state index is -1.05. The summed E-state index contributed by atoms with van der Waals surface area (Å²) in [5.74, 6) is -1.93. The molecule has 0 saturated heterocycles. The zero-order valence-electron chi connectivity index (χ0n) is 18.8. The Hall–Kier alpha value is -3.09. The van der Waals surface area contributed by atoms with Crippen LogP contribution in [0.1, 0.15) is 84.1 Å². The Bertz CT molecular complexity index is 998. The van der Waals surface area contributed by atoms with E-state index < -0.39 is 17.7 Å². The van der Waals surface area contributed by atoms with E-state index in [0.717, 1.165) is 51.4 Å². The number of rotatable bonds is 8. The average molecular weight is 454 g/mol. The first kappa shape index (κ1) is 23.1. The molecule has 176 valence electrons. The second-order valence-electron chi connectivity index (χ2n) is 9.13. The van der Waals surface area contributed by atoms with Gasteiger partial charge in [-0.25, -0.2) is 9.18 Å². The maximum absolute atomic E-state index is 15.0. The van der Waals surface area contributed by atoms with Crippen LogP contribution in [0.3, 0.4) is 0 Å². The molecule has 1 amide bonds. The van der Waals surface area contributed by atoms with E-state index in [1.165, 1.54) is 18.6 Å². The maximum Gasteiger partial charge on any atom is 0.336 e. The van der Waals surface area contributed by atoms with Crippen molar-refractivity contribution in [1.82, 2.24) is 5.32 Å². The molecule has 0 atom stereocenters. The van der Waals surface area contributed by atoms with Gasteiger partial charge in [0, 0.05) is 24.3 Å². The highest BCUT2D eigenvalue weighted by Gasteiger charge is 2.22. The van der Waals surface area contributed by atoms with Gasteiger partial charge in [0.1, 0.15) is 5.82 Å². The Labute approximate surface area is 194 Å². The van der Waals surface area contributed by atoms with Gasteiger partial charge in [-0.15, -0.1) is 0 Å². The standard InChI is InChI=1S/C26H32FN3O3/c27-22-14-21(25(31)28-16-17-8-4-7-13-20(17)26(32)33)23(29-18-11-5-6-12-18)15-24(22)30-19-9-2-1-3-10-19/h4,7-8,13-15,18-19,29-30H,1-3,5-6,9-12,16H2,(H,28,31)(H,32,33). The number of carboxylic acids is 1. The van der Waals surface area contributed by atoms with Crippen LogP contribution in [0.15, 0.2) is 36.4 Å². The molecule has 33 heavy (non-hydrogen) atoms. The van der Waals surface area contributed by atoms with Crippen molar-refractivity contribution < 1.29 is 19.1 Å². The van der Waals surface area contributed by atoms with Crippen molar-refractivity contribution in [1.29, 1.82) is 0 Å². The molecule has 2 aromatic rings. The lowest BCUT2D eigenvalue weighted by molar-refractivity contribution is 0.0694. The van der Waals surface area contributed by atoms with Gasteiger partial charge in [0.2, 0.25) is 0 Å². The van der Waals surface area contributed by atoms with Crippen LogP contribution >= 0.6 is 0 Å². The molecule has 0 heterocycles. The van der Waals surface area contributed by atoms with E-state index in [1.54, 1.807) is 24.3 Å². The molecule has 6 nitrogen and oxygen atoms in total. The molecular formula is C26H32FN3O3. The van der Waals surface area contributed by atoms with Gasteiger partial charge in [-0.05, 0) is 49.4 Å². The predicted molar refractivity (Wildman–Crippen MR) is 127 cm³/mol. The van der Waals surface area contributed by atoms with Crippen molar-refractivity contribution in [3.8, 4) is 0 Å². The summed E-state index contributed by atoms with van der Waals surface area (Å²) in [6.07, 6.45) is 9.88. The van der Waals surface area contributed by atoms with Crippen LogP contribution in [-0.2, 0) is 6.54 Å². The number of carboxylic acid groups (broad SMARTS) is 1. The number of amides is 1. The Morgan fingerprint density at radius 3 is 2.12 bits per heavy atom. The zero-order valence-corrected chi connectivity index (χ0v) is 18.8. The number of anilines is 2. The largest absolute Gasteiger partial charge is 0.478 e. The molecule has 0 radical (unpaired) electrons. The van der Waals surface area contributed by atoms with Crippen LogP contribution in [0.5, 0.6) is 0 Å². The molecule has 0 spiro atoms. The summed E-state index contributed by atoms with van der Waals surface area (Å²) >= 11 is 0. The van der Waals surface area contributed by atoms with Gasteiger partial charge in [-0.1, -0.05) is 50.3 Å². The van der Waals surface area contributed by atoms with Gasteiger partial charge in [0.15, 0.2) is 0 Å². The first-order valence-electron chi connectivity index (χ1n) is 12.0. The molecule has 2 saturated carbocycles. The predicted octanol–water partition coefficient (Wildman–Crippen LogP) is 5.55. The monoisotopic (exact) mass is 453 g/mol. The van der Waals surface area contributed by atoms with E-state index in [9.17, 15) is 14.7 Å². The quantitative estimate of drug-likeness (QED) is 0.421. The third kappa shape index (κ3) is 5.83. The molecule has 2 fully saturated rings. The fourth-order valence-corrected chi connectivity index (χ4v) is 4.90. The van der Waals surface area contributed by atoms with Crippen LogP contribution in [0.4, 0.5) is 15.8 Å². The minimum absolute atomic E-state index is 0.0495. The third-order valence-electron chi connectivity index (χ3n) is 6.72. The number of aromatic carboxylic acids is 1. The molecule has 4 rings (SSSR count). The highest BCUT2D eigenvalue weighted by molar-refractivity contribution is 6.00. The van der Waals surface area contributed by atoms with E-state index in [2.05, 4.69) is 16.0 Å². The average Bonchev–Trinajstić information content (AvgIpc) is 3.33. The summed E-state index contributed by atoms with van der Waals surface area (Å²) in [6.45, 7) is 0.0495. The van der Waals surface area contributed by atoms with E-state index in [0.29, 0.717) is 16.9 Å². The molecular weight excluding hydrogens is 421 g/mol.